The van der Waals surface area contributed by atoms with Crippen molar-refractivity contribution in [2.24, 2.45) is 0 Å². The maximum absolute atomic E-state index is 13.1. The molecule has 0 amide bonds. The van der Waals surface area contributed by atoms with E-state index in [1.807, 2.05) is 17.7 Å². The fourth-order valence-corrected chi connectivity index (χ4v) is 4.25. The number of carbonyl (C=O) groups is 1. The zero-order valence-corrected chi connectivity index (χ0v) is 17.3. The second-order valence-corrected chi connectivity index (χ2v) is 8.19. The van der Waals surface area contributed by atoms with E-state index >= 15 is 0 Å². The van der Waals surface area contributed by atoms with E-state index < -0.39 is 6.10 Å². The number of esters is 1. The van der Waals surface area contributed by atoms with Crippen molar-refractivity contribution in [3.05, 3.63) is 87.7 Å². The molecule has 0 unspecified atom stereocenters. The fraction of sp³-hybridized carbons (Fsp3) is 0.217. The summed E-state index contributed by atoms with van der Waals surface area (Å²) in [5.41, 5.74) is 4.01. The number of aryl methyl sites for hydroxylation is 2. The molecule has 0 spiro atoms. The Morgan fingerprint density at radius 1 is 1.14 bits per heavy atom. The number of benzene rings is 2. The number of hydrogen-bond donors (Lipinski definition) is 0. The summed E-state index contributed by atoms with van der Waals surface area (Å²) >= 11 is 1.38. The zero-order chi connectivity index (χ0) is 20.5. The molecular weight excluding hydrogens is 387 g/mol. The van der Waals surface area contributed by atoms with Crippen LogP contribution in [-0.4, -0.2) is 15.7 Å². The molecule has 4 rings (SSSR count). The van der Waals surface area contributed by atoms with Gasteiger partial charge in [-0.25, -0.2) is 9.18 Å². The van der Waals surface area contributed by atoms with E-state index in [1.165, 1.54) is 29.0 Å². The Balaban J connectivity index is 1.56. The summed E-state index contributed by atoms with van der Waals surface area (Å²) in [6.45, 7) is 6.43. The number of thiophene rings is 1. The third-order valence-electron chi connectivity index (χ3n) is 4.88. The van der Waals surface area contributed by atoms with Gasteiger partial charge in [-0.1, -0.05) is 42.0 Å². The van der Waals surface area contributed by atoms with Gasteiger partial charge in [-0.3, -0.25) is 4.68 Å². The lowest BCUT2D eigenvalue weighted by atomic mass is 10.1. The number of rotatable bonds is 5. The maximum atomic E-state index is 13.1. The van der Waals surface area contributed by atoms with Gasteiger partial charge >= 0.3 is 5.97 Å². The molecule has 29 heavy (non-hydrogen) atoms. The monoisotopic (exact) mass is 408 g/mol. The number of halogens is 1. The minimum Gasteiger partial charge on any atom is -0.454 e. The lowest BCUT2D eigenvalue weighted by Crippen LogP contribution is -2.08. The van der Waals surface area contributed by atoms with Crippen LogP contribution in [0.3, 0.4) is 0 Å². The highest BCUT2D eigenvalue weighted by molar-refractivity contribution is 7.20. The highest BCUT2D eigenvalue weighted by atomic mass is 32.1. The fourth-order valence-electron chi connectivity index (χ4n) is 3.21. The topological polar surface area (TPSA) is 44.1 Å². The quantitative estimate of drug-likeness (QED) is 0.391. The van der Waals surface area contributed by atoms with Crippen molar-refractivity contribution in [3.8, 4) is 0 Å². The summed E-state index contributed by atoms with van der Waals surface area (Å²) < 4.78 is 20.6. The van der Waals surface area contributed by atoms with Crippen LogP contribution in [0, 0.1) is 19.7 Å². The Kier molecular flexibility index (Phi) is 5.20. The second-order valence-electron chi connectivity index (χ2n) is 7.16. The number of nitrogens with zero attached hydrogens (tertiary/aromatic N) is 2. The molecule has 0 aliphatic heterocycles. The van der Waals surface area contributed by atoms with Crippen LogP contribution < -0.4 is 0 Å². The van der Waals surface area contributed by atoms with Gasteiger partial charge in [0.15, 0.2) is 0 Å². The van der Waals surface area contributed by atoms with Gasteiger partial charge < -0.3 is 4.74 Å². The molecule has 0 fully saturated rings. The molecule has 6 heteroatoms. The van der Waals surface area contributed by atoms with E-state index in [4.69, 9.17) is 4.74 Å². The molecule has 2 heterocycles. The molecule has 0 saturated carbocycles. The number of hydrogen-bond acceptors (Lipinski definition) is 4. The molecule has 0 bridgehead atoms. The third-order valence-corrected chi connectivity index (χ3v) is 6.01. The first-order valence-electron chi connectivity index (χ1n) is 9.39. The molecule has 0 aliphatic carbocycles. The molecule has 0 N–H and O–H groups in total. The molecule has 4 nitrogen and oxygen atoms in total. The first-order valence-corrected chi connectivity index (χ1v) is 10.2. The highest BCUT2D eigenvalue weighted by Gasteiger charge is 2.20. The van der Waals surface area contributed by atoms with Crippen molar-refractivity contribution in [3.63, 3.8) is 0 Å². The number of aromatic nitrogens is 2. The molecular formula is C23H21FN2O2S. The van der Waals surface area contributed by atoms with Gasteiger partial charge in [0.2, 0.25) is 0 Å². The Morgan fingerprint density at radius 2 is 1.83 bits per heavy atom. The average molecular weight is 408 g/mol. The summed E-state index contributed by atoms with van der Waals surface area (Å²) in [6.07, 6.45) is -0.460. The van der Waals surface area contributed by atoms with Gasteiger partial charge in [-0.15, -0.1) is 11.3 Å². The first-order chi connectivity index (χ1) is 13.9. The predicted octanol–water partition coefficient (Wildman–Crippen LogP) is 5.82. The molecule has 1 atom stereocenters. The Labute approximate surface area is 172 Å². The van der Waals surface area contributed by atoms with Crippen LogP contribution in [0.2, 0.25) is 0 Å². The number of ether oxygens (including phenoxy) is 1. The van der Waals surface area contributed by atoms with E-state index in [9.17, 15) is 9.18 Å². The average Bonchev–Trinajstić information content (AvgIpc) is 3.26. The van der Waals surface area contributed by atoms with E-state index in [1.54, 1.807) is 19.1 Å². The van der Waals surface area contributed by atoms with Crippen LogP contribution in [0.25, 0.3) is 10.2 Å². The van der Waals surface area contributed by atoms with Crippen LogP contribution in [0.1, 0.15) is 45.1 Å². The summed E-state index contributed by atoms with van der Waals surface area (Å²) in [5, 5.41) is 5.59. The van der Waals surface area contributed by atoms with Crippen LogP contribution in [0.4, 0.5) is 4.39 Å². The summed E-state index contributed by atoms with van der Waals surface area (Å²) in [5.74, 6) is -0.699. The molecule has 4 aromatic rings. The maximum Gasteiger partial charge on any atom is 0.349 e. The summed E-state index contributed by atoms with van der Waals surface area (Å²) in [6, 6.07) is 16.2. The van der Waals surface area contributed by atoms with Crippen molar-refractivity contribution >= 4 is 27.5 Å². The van der Waals surface area contributed by atoms with E-state index in [0.29, 0.717) is 11.4 Å². The second kappa shape index (κ2) is 7.79. The predicted molar refractivity (Wildman–Crippen MR) is 113 cm³/mol. The molecule has 0 saturated heterocycles. The standard InChI is InChI=1S/C23H21FN2O2S/c1-14-4-6-17(7-5-14)13-26-22-20(15(2)25-26)12-21(29-22)23(27)28-16(3)18-8-10-19(24)11-9-18/h4-12,16H,13H2,1-3H3/t16-/m0/s1. The Bertz CT molecular complexity index is 1160. The lowest BCUT2D eigenvalue weighted by Gasteiger charge is -2.12. The van der Waals surface area contributed by atoms with E-state index in [2.05, 4.69) is 36.3 Å². The minimum atomic E-state index is -0.460. The van der Waals surface area contributed by atoms with Gasteiger partial charge in [-0.2, -0.15) is 5.10 Å². The first kappa shape index (κ1) is 19.3. The Hall–Kier alpha value is -2.99. The summed E-state index contributed by atoms with van der Waals surface area (Å²) in [4.78, 5) is 14.1. The summed E-state index contributed by atoms with van der Waals surface area (Å²) in [7, 11) is 0. The van der Waals surface area contributed by atoms with Crippen molar-refractivity contribution in [1.82, 2.24) is 9.78 Å². The highest BCUT2D eigenvalue weighted by Crippen LogP contribution is 2.30. The number of fused-ring (bicyclic) bond motifs is 1. The van der Waals surface area contributed by atoms with Crippen molar-refractivity contribution in [1.29, 1.82) is 0 Å². The van der Waals surface area contributed by atoms with Crippen LogP contribution >= 0.6 is 11.3 Å². The van der Waals surface area contributed by atoms with Gasteiger partial charge in [0.1, 0.15) is 21.6 Å². The van der Waals surface area contributed by atoms with Gasteiger partial charge in [0, 0.05) is 5.39 Å². The van der Waals surface area contributed by atoms with E-state index in [-0.39, 0.29) is 11.8 Å². The molecule has 148 valence electrons. The largest absolute Gasteiger partial charge is 0.454 e. The normalized spacial score (nSPS) is 12.3. The minimum absolute atomic E-state index is 0.314. The third kappa shape index (κ3) is 4.07. The molecule has 2 aromatic heterocycles. The van der Waals surface area contributed by atoms with Crippen LogP contribution in [-0.2, 0) is 11.3 Å². The van der Waals surface area contributed by atoms with E-state index in [0.717, 1.165) is 27.0 Å². The van der Waals surface area contributed by atoms with Crippen LogP contribution in [0.5, 0.6) is 0 Å². The Morgan fingerprint density at radius 3 is 2.52 bits per heavy atom. The van der Waals surface area contributed by atoms with Crippen molar-refractivity contribution < 1.29 is 13.9 Å². The molecule has 0 aliphatic rings. The lowest BCUT2D eigenvalue weighted by molar-refractivity contribution is 0.0344. The van der Waals surface area contributed by atoms with Crippen molar-refractivity contribution in [2.75, 3.05) is 0 Å². The van der Waals surface area contributed by atoms with Crippen molar-refractivity contribution in [2.45, 2.75) is 33.4 Å². The SMILES string of the molecule is Cc1ccc(Cn2nc(C)c3cc(C(=O)O[C@@H](C)c4ccc(F)cc4)sc32)cc1. The molecule has 2 aromatic carbocycles. The number of carbonyl (C=O) groups excluding carboxylic acids is 1. The van der Waals surface area contributed by atoms with Gasteiger partial charge in [0.05, 0.1) is 12.2 Å². The zero-order valence-electron chi connectivity index (χ0n) is 16.5. The van der Waals surface area contributed by atoms with Crippen LogP contribution in [0.15, 0.2) is 54.6 Å². The van der Waals surface area contributed by atoms with Gasteiger partial charge in [0.25, 0.3) is 0 Å². The van der Waals surface area contributed by atoms with Gasteiger partial charge in [-0.05, 0) is 50.1 Å². The smallest absolute Gasteiger partial charge is 0.349 e. The molecule has 0 radical (unpaired) electrons.